The molecule has 0 bridgehead atoms. The van der Waals surface area contributed by atoms with E-state index in [-0.39, 0.29) is 16.3 Å². The maximum Gasteiger partial charge on any atom is 0.326 e. The van der Waals surface area contributed by atoms with Gasteiger partial charge in [0.15, 0.2) is 0 Å². The van der Waals surface area contributed by atoms with E-state index in [4.69, 9.17) is 11.6 Å². The zero-order valence-corrected chi connectivity index (χ0v) is 13.5. The first kappa shape index (κ1) is 17.9. The van der Waals surface area contributed by atoms with Crippen LogP contribution in [0.2, 0.25) is 5.02 Å². The molecule has 0 saturated heterocycles. The Bertz CT molecular complexity index is 635. The topological polar surface area (TPSA) is 72.5 Å². The van der Waals surface area contributed by atoms with Crippen molar-refractivity contribution in [2.24, 2.45) is 0 Å². The molecule has 1 N–H and O–H groups in total. The summed E-state index contributed by atoms with van der Waals surface area (Å²) in [5, 5.41) is -0.312. The van der Waals surface area contributed by atoms with Gasteiger partial charge in [0, 0.05) is 0 Å². The number of carbonyl (C=O) groups excluding carboxylic acids is 1. The minimum Gasteiger partial charge on any atom is -0.468 e. The van der Waals surface area contributed by atoms with E-state index in [1.165, 1.54) is 14.0 Å². The Morgan fingerprint density at radius 1 is 1.48 bits per heavy atom. The molecule has 0 aromatic heterocycles. The molecule has 118 valence electrons. The number of hydrogen-bond donors (Lipinski definition) is 1. The second kappa shape index (κ2) is 6.72. The molecule has 0 radical (unpaired) electrons. The Hall–Kier alpha value is -1.18. The maximum atomic E-state index is 13.1. The summed E-state index contributed by atoms with van der Waals surface area (Å²) in [5.41, 5.74) is -1.40. The van der Waals surface area contributed by atoms with Gasteiger partial charge < -0.3 is 4.74 Å². The second-order valence-corrected chi connectivity index (χ2v) is 6.84. The molecule has 5 nitrogen and oxygen atoms in total. The number of nitrogens with one attached hydrogen (secondary N) is 1. The van der Waals surface area contributed by atoms with Crippen molar-refractivity contribution in [2.75, 3.05) is 7.11 Å². The molecule has 0 spiro atoms. The van der Waals surface area contributed by atoms with Crippen LogP contribution in [-0.4, -0.2) is 27.0 Å². The third-order valence-electron chi connectivity index (χ3n) is 2.95. The number of sulfonamides is 1. The standard InChI is InChI=1S/C13H17ClFNO4S/c1-4-7-13(2,12(17)20-3)16-21(18,19)9-5-6-11(15)10(14)8-9/h5-6,8,16H,4,7H2,1-3H3. The lowest BCUT2D eigenvalue weighted by atomic mass is 9.98. The van der Waals surface area contributed by atoms with Crippen LogP contribution in [0, 0.1) is 5.82 Å². The van der Waals surface area contributed by atoms with Crippen LogP contribution in [0.1, 0.15) is 26.7 Å². The number of rotatable bonds is 6. The Kier molecular flexibility index (Phi) is 5.72. The van der Waals surface area contributed by atoms with Crippen molar-refractivity contribution in [1.82, 2.24) is 4.72 Å². The highest BCUT2D eigenvalue weighted by Gasteiger charge is 2.38. The van der Waals surface area contributed by atoms with E-state index in [0.29, 0.717) is 6.42 Å². The van der Waals surface area contributed by atoms with Crippen LogP contribution in [0.15, 0.2) is 23.1 Å². The van der Waals surface area contributed by atoms with Crippen molar-refractivity contribution in [2.45, 2.75) is 37.1 Å². The molecular weight excluding hydrogens is 321 g/mol. The highest BCUT2D eigenvalue weighted by Crippen LogP contribution is 2.22. The molecule has 0 aliphatic carbocycles. The third kappa shape index (κ3) is 4.15. The van der Waals surface area contributed by atoms with Crippen LogP contribution < -0.4 is 4.72 Å². The van der Waals surface area contributed by atoms with Gasteiger partial charge in [-0.25, -0.2) is 12.8 Å². The first-order valence-corrected chi connectivity index (χ1v) is 8.10. The van der Waals surface area contributed by atoms with Gasteiger partial charge in [-0.3, -0.25) is 4.79 Å². The van der Waals surface area contributed by atoms with Crippen molar-refractivity contribution in [3.8, 4) is 0 Å². The lowest BCUT2D eigenvalue weighted by Gasteiger charge is -2.27. The zero-order chi connectivity index (χ0) is 16.3. The molecule has 1 unspecified atom stereocenters. The van der Waals surface area contributed by atoms with Crippen LogP contribution in [0.25, 0.3) is 0 Å². The second-order valence-electron chi connectivity index (χ2n) is 4.76. The molecule has 0 saturated carbocycles. The molecule has 0 aliphatic heterocycles. The van der Waals surface area contributed by atoms with Crippen molar-refractivity contribution < 1.29 is 22.3 Å². The summed E-state index contributed by atoms with van der Waals surface area (Å²) in [6, 6.07) is 3.02. The smallest absolute Gasteiger partial charge is 0.326 e. The Morgan fingerprint density at radius 2 is 2.10 bits per heavy atom. The SMILES string of the molecule is CCCC(C)(NS(=O)(=O)c1ccc(F)c(Cl)c1)C(=O)OC. The summed E-state index contributed by atoms with van der Waals surface area (Å²) in [5.74, 6) is -1.42. The Labute approximate surface area is 128 Å². The summed E-state index contributed by atoms with van der Waals surface area (Å²) in [7, 11) is -2.86. The number of benzene rings is 1. The quantitative estimate of drug-likeness (QED) is 0.809. The molecule has 1 rings (SSSR count). The minimum absolute atomic E-state index is 0.222. The normalized spacial score (nSPS) is 14.5. The van der Waals surface area contributed by atoms with Crippen LogP contribution >= 0.6 is 11.6 Å². The molecular formula is C13H17ClFNO4S. The van der Waals surface area contributed by atoms with Gasteiger partial charge in [-0.2, -0.15) is 4.72 Å². The summed E-state index contributed by atoms with van der Waals surface area (Å²) in [6.07, 6.45) is 0.826. The van der Waals surface area contributed by atoms with Gasteiger partial charge in [0.25, 0.3) is 0 Å². The molecule has 0 fully saturated rings. The van der Waals surface area contributed by atoms with Gasteiger partial charge in [0.05, 0.1) is 17.0 Å². The first-order valence-electron chi connectivity index (χ1n) is 6.23. The van der Waals surface area contributed by atoms with E-state index < -0.39 is 27.3 Å². The molecule has 0 heterocycles. The van der Waals surface area contributed by atoms with E-state index in [1.54, 1.807) is 0 Å². The maximum absolute atomic E-state index is 13.1. The zero-order valence-electron chi connectivity index (χ0n) is 11.9. The average molecular weight is 338 g/mol. The van der Waals surface area contributed by atoms with E-state index in [0.717, 1.165) is 18.2 Å². The van der Waals surface area contributed by atoms with Gasteiger partial charge >= 0.3 is 5.97 Å². The Balaban J connectivity index is 3.17. The highest BCUT2D eigenvalue weighted by atomic mass is 35.5. The number of ether oxygens (including phenoxy) is 1. The van der Waals surface area contributed by atoms with Gasteiger partial charge in [0.1, 0.15) is 11.4 Å². The van der Waals surface area contributed by atoms with E-state index in [2.05, 4.69) is 9.46 Å². The first-order chi connectivity index (χ1) is 9.66. The monoisotopic (exact) mass is 337 g/mol. The summed E-state index contributed by atoms with van der Waals surface area (Å²) < 4.78 is 44.7. The third-order valence-corrected chi connectivity index (χ3v) is 4.83. The van der Waals surface area contributed by atoms with E-state index >= 15 is 0 Å². The molecule has 1 aromatic carbocycles. The van der Waals surface area contributed by atoms with Gasteiger partial charge in [-0.05, 0) is 31.5 Å². The Morgan fingerprint density at radius 3 is 2.57 bits per heavy atom. The minimum atomic E-state index is -4.04. The van der Waals surface area contributed by atoms with Crippen LogP contribution in [-0.2, 0) is 19.6 Å². The van der Waals surface area contributed by atoms with Gasteiger partial charge in [-0.1, -0.05) is 24.9 Å². The number of methoxy groups -OCH3 is 1. The van der Waals surface area contributed by atoms with Crippen LogP contribution in [0.4, 0.5) is 4.39 Å². The molecule has 1 atom stereocenters. The number of hydrogen-bond acceptors (Lipinski definition) is 4. The van der Waals surface area contributed by atoms with E-state index in [1.807, 2.05) is 6.92 Å². The number of esters is 1. The molecule has 0 amide bonds. The van der Waals surface area contributed by atoms with Gasteiger partial charge in [-0.15, -0.1) is 0 Å². The predicted molar refractivity (Wildman–Crippen MR) is 77.1 cm³/mol. The largest absolute Gasteiger partial charge is 0.468 e. The lowest BCUT2D eigenvalue weighted by Crippen LogP contribution is -2.52. The fourth-order valence-corrected chi connectivity index (χ4v) is 3.58. The summed E-state index contributed by atoms with van der Waals surface area (Å²) in [4.78, 5) is 11.6. The molecule has 0 aliphatic rings. The predicted octanol–water partition coefficient (Wildman–Crippen LogP) is 2.49. The average Bonchev–Trinajstić information content (AvgIpc) is 2.40. The molecule has 8 heteroatoms. The van der Waals surface area contributed by atoms with Crippen molar-refractivity contribution >= 4 is 27.6 Å². The highest BCUT2D eigenvalue weighted by molar-refractivity contribution is 7.89. The molecule has 21 heavy (non-hydrogen) atoms. The van der Waals surface area contributed by atoms with Crippen LogP contribution in [0.5, 0.6) is 0 Å². The van der Waals surface area contributed by atoms with Crippen molar-refractivity contribution in [1.29, 1.82) is 0 Å². The number of halogens is 2. The fourth-order valence-electron chi connectivity index (χ4n) is 1.92. The molecule has 1 aromatic rings. The summed E-state index contributed by atoms with van der Waals surface area (Å²) >= 11 is 5.58. The van der Waals surface area contributed by atoms with E-state index in [9.17, 15) is 17.6 Å². The lowest BCUT2D eigenvalue weighted by molar-refractivity contribution is -0.147. The fraction of sp³-hybridized carbons (Fsp3) is 0.462. The number of carbonyl (C=O) groups is 1. The van der Waals surface area contributed by atoms with Crippen molar-refractivity contribution in [3.05, 3.63) is 29.0 Å². The summed E-state index contributed by atoms with van der Waals surface area (Å²) in [6.45, 7) is 3.25. The van der Waals surface area contributed by atoms with Gasteiger partial charge in [0.2, 0.25) is 10.0 Å². The van der Waals surface area contributed by atoms with Crippen molar-refractivity contribution in [3.63, 3.8) is 0 Å². The van der Waals surface area contributed by atoms with Crippen LogP contribution in [0.3, 0.4) is 0 Å².